The summed E-state index contributed by atoms with van der Waals surface area (Å²) in [4.78, 5) is 29.4. The number of piperidine rings is 1. The molecule has 7 heteroatoms. The zero-order chi connectivity index (χ0) is 20.4. The van der Waals surface area contributed by atoms with Crippen molar-refractivity contribution in [3.63, 3.8) is 0 Å². The minimum Gasteiger partial charge on any atom is -0.391 e. The molecule has 29 heavy (non-hydrogen) atoms. The number of amides is 1. The number of rotatable bonds is 4. The second-order valence-corrected chi connectivity index (χ2v) is 8.12. The first kappa shape index (κ1) is 19.6. The van der Waals surface area contributed by atoms with Gasteiger partial charge in [0.25, 0.3) is 5.56 Å². The summed E-state index contributed by atoms with van der Waals surface area (Å²) in [6, 6.07) is 9.44. The standard InChI is InChI=1S/C22H28N4O3/c1-16-5-2-3-6-17(16)11-21(28)25-9-4-7-18(14-25)26-22(29)12-19(13-23-26)24-10-8-20(27)15-24/h2-3,5-6,12-13,18,20,27H,4,7-11,14-15H2,1H3/t18?,20-/m0/s1. The number of hydrogen-bond acceptors (Lipinski definition) is 5. The number of anilines is 1. The van der Waals surface area contributed by atoms with Gasteiger partial charge in [0, 0.05) is 32.2 Å². The van der Waals surface area contributed by atoms with Crippen LogP contribution in [0.4, 0.5) is 5.69 Å². The zero-order valence-electron chi connectivity index (χ0n) is 16.8. The van der Waals surface area contributed by atoms with E-state index in [4.69, 9.17) is 0 Å². The Hall–Kier alpha value is -2.67. The van der Waals surface area contributed by atoms with E-state index in [0.29, 0.717) is 25.9 Å². The number of carbonyl (C=O) groups excluding carboxylic acids is 1. The lowest BCUT2D eigenvalue weighted by molar-refractivity contribution is -0.132. The van der Waals surface area contributed by atoms with Gasteiger partial charge in [-0.2, -0.15) is 5.10 Å². The minimum atomic E-state index is -0.344. The summed E-state index contributed by atoms with van der Waals surface area (Å²) in [5, 5.41) is 14.1. The lowest BCUT2D eigenvalue weighted by atomic mass is 10.0. The van der Waals surface area contributed by atoms with Crippen molar-refractivity contribution < 1.29 is 9.90 Å². The molecule has 1 N–H and O–H groups in total. The molecule has 154 valence electrons. The average Bonchev–Trinajstić information content (AvgIpc) is 3.16. The van der Waals surface area contributed by atoms with E-state index in [1.165, 1.54) is 4.68 Å². The summed E-state index contributed by atoms with van der Waals surface area (Å²) in [6.45, 7) is 4.53. The van der Waals surface area contributed by atoms with Crippen LogP contribution in [0.2, 0.25) is 0 Å². The summed E-state index contributed by atoms with van der Waals surface area (Å²) >= 11 is 0. The molecular formula is C22H28N4O3. The van der Waals surface area contributed by atoms with Crippen LogP contribution in [0, 0.1) is 6.92 Å². The van der Waals surface area contributed by atoms with E-state index in [1.807, 2.05) is 41.0 Å². The van der Waals surface area contributed by atoms with Crippen molar-refractivity contribution in [2.24, 2.45) is 0 Å². The number of nitrogens with zero attached hydrogens (tertiary/aromatic N) is 4. The normalized spacial score (nSPS) is 22.1. The third-order valence-corrected chi connectivity index (χ3v) is 6.04. The van der Waals surface area contributed by atoms with Crippen molar-refractivity contribution in [3.8, 4) is 0 Å². The molecule has 0 aliphatic carbocycles. The highest BCUT2D eigenvalue weighted by Crippen LogP contribution is 2.22. The van der Waals surface area contributed by atoms with Crippen molar-refractivity contribution in [3.05, 3.63) is 58.0 Å². The van der Waals surface area contributed by atoms with Gasteiger partial charge in [-0.1, -0.05) is 24.3 Å². The van der Waals surface area contributed by atoms with Gasteiger partial charge in [-0.15, -0.1) is 0 Å². The minimum absolute atomic E-state index is 0.0970. The van der Waals surface area contributed by atoms with Gasteiger partial charge in [-0.05, 0) is 37.3 Å². The van der Waals surface area contributed by atoms with E-state index < -0.39 is 0 Å². The first-order valence-corrected chi connectivity index (χ1v) is 10.4. The number of aryl methyl sites for hydroxylation is 1. The van der Waals surface area contributed by atoms with E-state index >= 15 is 0 Å². The van der Waals surface area contributed by atoms with Gasteiger partial charge in [0.2, 0.25) is 5.91 Å². The van der Waals surface area contributed by atoms with E-state index in [1.54, 1.807) is 12.3 Å². The van der Waals surface area contributed by atoms with E-state index in [2.05, 4.69) is 5.10 Å². The van der Waals surface area contributed by atoms with Crippen molar-refractivity contribution in [1.29, 1.82) is 0 Å². The van der Waals surface area contributed by atoms with E-state index in [-0.39, 0.29) is 23.6 Å². The molecule has 2 aliphatic rings. The number of carbonyl (C=O) groups is 1. The molecule has 1 unspecified atom stereocenters. The molecule has 1 aromatic carbocycles. The van der Waals surface area contributed by atoms with Crippen LogP contribution in [-0.2, 0) is 11.2 Å². The maximum absolute atomic E-state index is 12.8. The molecule has 1 aromatic heterocycles. The Kier molecular flexibility index (Phi) is 5.67. The first-order valence-electron chi connectivity index (χ1n) is 10.4. The van der Waals surface area contributed by atoms with Crippen LogP contribution in [-0.4, -0.2) is 58.0 Å². The maximum atomic E-state index is 12.8. The number of benzene rings is 1. The molecule has 0 radical (unpaired) electrons. The fraction of sp³-hybridized carbons (Fsp3) is 0.500. The molecule has 0 saturated carbocycles. The van der Waals surface area contributed by atoms with Crippen molar-refractivity contribution in [2.75, 3.05) is 31.1 Å². The third-order valence-electron chi connectivity index (χ3n) is 6.04. The molecule has 0 spiro atoms. The second kappa shape index (κ2) is 8.37. The smallest absolute Gasteiger partial charge is 0.269 e. The van der Waals surface area contributed by atoms with Gasteiger partial charge < -0.3 is 14.9 Å². The largest absolute Gasteiger partial charge is 0.391 e. The molecule has 0 bridgehead atoms. The number of β-amino-alcohol motifs (C(OH)–C–C–N with tert-alkyl or cyclic N) is 1. The summed E-state index contributed by atoms with van der Waals surface area (Å²) < 4.78 is 1.52. The van der Waals surface area contributed by atoms with Gasteiger partial charge in [-0.25, -0.2) is 4.68 Å². The SMILES string of the molecule is Cc1ccccc1CC(=O)N1CCCC(n2ncc(N3CC[C@H](O)C3)cc2=O)C1. The number of likely N-dealkylation sites (tertiary alicyclic amines) is 1. The predicted molar refractivity (Wildman–Crippen MR) is 111 cm³/mol. The number of aromatic nitrogens is 2. The highest BCUT2D eigenvalue weighted by molar-refractivity contribution is 5.79. The predicted octanol–water partition coefficient (Wildman–Crippen LogP) is 1.53. The van der Waals surface area contributed by atoms with Crippen LogP contribution in [0.5, 0.6) is 0 Å². The Morgan fingerprint density at radius 1 is 1.21 bits per heavy atom. The number of hydrogen-bond donors (Lipinski definition) is 1. The number of aliphatic hydroxyl groups excluding tert-OH is 1. The monoisotopic (exact) mass is 396 g/mol. The van der Waals surface area contributed by atoms with Gasteiger partial charge in [-0.3, -0.25) is 9.59 Å². The zero-order valence-corrected chi connectivity index (χ0v) is 16.8. The molecule has 7 nitrogen and oxygen atoms in total. The summed E-state index contributed by atoms with van der Waals surface area (Å²) in [5.74, 6) is 0.0970. The maximum Gasteiger partial charge on any atom is 0.269 e. The van der Waals surface area contributed by atoms with Crippen molar-refractivity contribution in [2.45, 2.75) is 44.8 Å². The molecule has 2 aliphatic heterocycles. The first-order chi connectivity index (χ1) is 14.0. The van der Waals surface area contributed by atoms with Gasteiger partial charge >= 0.3 is 0 Å². The highest BCUT2D eigenvalue weighted by Gasteiger charge is 2.27. The molecule has 2 saturated heterocycles. The Morgan fingerprint density at radius 3 is 2.76 bits per heavy atom. The fourth-order valence-corrected chi connectivity index (χ4v) is 4.30. The Morgan fingerprint density at radius 2 is 2.03 bits per heavy atom. The van der Waals surface area contributed by atoms with Gasteiger partial charge in [0.15, 0.2) is 0 Å². The highest BCUT2D eigenvalue weighted by atomic mass is 16.3. The quantitative estimate of drug-likeness (QED) is 0.848. The molecule has 3 heterocycles. The summed E-state index contributed by atoms with van der Waals surface area (Å²) in [5.41, 5.74) is 2.77. The van der Waals surface area contributed by atoms with Crippen LogP contribution < -0.4 is 10.5 Å². The molecule has 2 atom stereocenters. The van der Waals surface area contributed by atoms with Crippen LogP contribution in [0.25, 0.3) is 0 Å². The van der Waals surface area contributed by atoms with Crippen LogP contribution in [0.1, 0.15) is 36.4 Å². The molecule has 2 fully saturated rings. The Labute approximate surface area is 170 Å². The third kappa shape index (κ3) is 4.34. The summed E-state index contributed by atoms with van der Waals surface area (Å²) in [7, 11) is 0. The van der Waals surface area contributed by atoms with E-state index in [9.17, 15) is 14.7 Å². The molecule has 1 amide bonds. The average molecular weight is 396 g/mol. The van der Waals surface area contributed by atoms with Gasteiger partial charge in [0.05, 0.1) is 30.5 Å². The van der Waals surface area contributed by atoms with Crippen LogP contribution >= 0.6 is 0 Å². The summed E-state index contributed by atoms with van der Waals surface area (Å²) in [6.07, 6.45) is 4.15. The lowest BCUT2D eigenvalue weighted by Crippen LogP contribution is -2.44. The topological polar surface area (TPSA) is 78.7 Å². The van der Waals surface area contributed by atoms with Crippen molar-refractivity contribution >= 4 is 11.6 Å². The fourth-order valence-electron chi connectivity index (χ4n) is 4.30. The number of aliphatic hydroxyl groups is 1. The lowest BCUT2D eigenvalue weighted by Gasteiger charge is -2.33. The molecule has 2 aromatic rings. The molecule has 4 rings (SSSR count). The second-order valence-electron chi connectivity index (χ2n) is 8.12. The Bertz CT molecular complexity index is 942. The van der Waals surface area contributed by atoms with Gasteiger partial charge in [0.1, 0.15) is 0 Å². The van der Waals surface area contributed by atoms with Crippen molar-refractivity contribution in [1.82, 2.24) is 14.7 Å². The van der Waals surface area contributed by atoms with Crippen LogP contribution in [0.3, 0.4) is 0 Å². The molecular weight excluding hydrogens is 368 g/mol. The van der Waals surface area contributed by atoms with Crippen LogP contribution in [0.15, 0.2) is 41.3 Å². The van der Waals surface area contributed by atoms with E-state index in [0.717, 1.165) is 42.7 Å². The Balaban J connectivity index is 1.45.